The Labute approximate surface area is 108 Å². The molecule has 0 aliphatic rings. The molecule has 0 aromatic carbocycles. The van der Waals surface area contributed by atoms with Gasteiger partial charge in [-0.05, 0) is 0 Å². The molecule has 0 saturated carbocycles. The summed E-state index contributed by atoms with van der Waals surface area (Å²) in [6.07, 6.45) is 0. The van der Waals surface area contributed by atoms with E-state index in [1.807, 2.05) is 0 Å². The summed E-state index contributed by atoms with van der Waals surface area (Å²) in [7, 11) is 0. The first kappa shape index (κ1) is 15.5. The molecule has 10 heteroatoms. The molecule has 0 spiro atoms. The van der Waals surface area contributed by atoms with Crippen molar-refractivity contribution in [2.24, 2.45) is 0 Å². The van der Waals surface area contributed by atoms with Crippen molar-refractivity contribution in [2.75, 3.05) is 11.5 Å². The van der Waals surface area contributed by atoms with E-state index in [-0.39, 0.29) is 17.7 Å². The number of halogens is 6. The zero-order chi connectivity index (χ0) is 15.4. The summed E-state index contributed by atoms with van der Waals surface area (Å²) in [6.45, 7) is 0. The molecule has 2 aromatic heterocycles. The molecule has 4 nitrogen and oxygen atoms in total. The van der Waals surface area contributed by atoms with E-state index >= 15 is 0 Å². The second kappa shape index (κ2) is 6.08. The van der Waals surface area contributed by atoms with Gasteiger partial charge in [0.15, 0.2) is 34.9 Å². The van der Waals surface area contributed by atoms with Crippen LogP contribution in [0.4, 0.5) is 38.0 Å². The van der Waals surface area contributed by atoms with Crippen molar-refractivity contribution in [2.45, 2.75) is 0 Å². The molecule has 20 heavy (non-hydrogen) atoms. The largest absolute Gasteiger partial charge is 0.381 e. The van der Waals surface area contributed by atoms with Crippen molar-refractivity contribution in [1.29, 1.82) is 0 Å². The lowest BCUT2D eigenvalue weighted by molar-refractivity contribution is 0.407. The minimum absolute atomic E-state index is 0.0949. The maximum atomic E-state index is 12.3. The summed E-state index contributed by atoms with van der Waals surface area (Å²) >= 11 is 0. The number of nitrogen functional groups attached to an aromatic ring is 2. The zero-order valence-corrected chi connectivity index (χ0v) is 9.47. The van der Waals surface area contributed by atoms with Crippen molar-refractivity contribution in [3.63, 3.8) is 0 Å². The molecule has 0 amide bonds. The Morgan fingerprint density at radius 1 is 0.600 bits per heavy atom. The lowest BCUT2D eigenvalue weighted by atomic mass is 10.4. The topological polar surface area (TPSA) is 77.8 Å². The predicted molar refractivity (Wildman–Crippen MR) is 57.0 cm³/mol. The lowest BCUT2D eigenvalue weighted by Gasteiger charge is -1.97. The minimum Gasteiger partial charge on any atom is -0.381 e. The van der Waals surface area contributed by atoms with Crippen LogP contribution in [0.25, 0.3) is 0 Å². The van der Waals surface area contributed by atoms with Gasteiger partial charge in [-0.1, -0.05) is 0 Å². The Hall–Kier alpha value is -2.52. The third-order valence-electron chi connectivity index (χ3n) is 1.83. The maximum absolute atomic E-state index is 12.3. The smallest absolute Gasteiger partial charge is 0.251 e. The highest BCUT2D eigenvalue weighted by Crippen LogP contribution is 2.12. The van der Waals surface area contributed by atoms with Gasteiger partial charge < -0.3 is 11.5 Å². The molecule has 108 valence electrons. The number of pyridine rings is 2. The van der Waals surface area contributed by atoms with Gasteiger partial charge in [0.2, 0.25) is 0 Å². The Kier molecular flexibility index (Phi) is 4.73. The van der Waals surface area contributed by atoms with Crippen LogP contribution < -0.4 is 11.5 Å². The Morgan fingerprint density at radius 2 is 0.950 bits per heavy atom. The second-order valence-corrected chi connectivity index (χ2v) is 3.26. The highest BCUT2D eigenvalue weighted by atomic mass is 19.2. The fraction of sp³-hybridized carbons (Fsp3) is 0. The number of rotatable bonds is 0. The molecule has 2 heterocycles. The lowest BCUT2D eigenvalue weighted by Crippen LogP contribution is -2.01. The summed E-state index contributed by atoms with van der Waals surface area (Å²) in [5.74, 6) is -8.85. The van der Waals surface area contributed by atoms with Gasteiger partial charge in [0.05, 0.1) is 0 Å². The molecular formula is C10H6F6N4. The third-order valence-corrected chi connectivity index (χ3v) is 1.83. The molecular weight excluding hydrogens is 290 g/mol. The summed E-state index contributed by atoms with van der Waals surface area (Å²) in [5.41, 5.74) is 9.91. The highest BCUT2D eigenvalue weighted by Gasteiger charge is 2.09. The number of nitrogens with two attached hydrogens (primary N) is 2. The molecule has 0 atom stereocenters. The van der Waals surface area contributed by atoms with E-state index in [9.17, 15) is 26.3 Å². The van der Waals surface area contributed by atoms with Crippen molar-refractivity contribution in [3.8, 4) is 0 Å². The van der Waals surface area contributed by atoms with Gasteiger partial charge >= 0.3 is 0 Å². The van der Waals surface area contributed by atoms with Crippen LogP contribution >= 0.6 is 0 Å². The summed E-state index contributed by atoms with van der Waals surface area (Å²) in [5, 5.41) is 0. The molecule has 2 rings (SSSR count). The van der Waals surface area contributed by atoms with Crippen LogP contribution in [0, 0.1) is 35.2 Å². The normalized spacial score (nSPS) is 9.90. The number of hydrogen-bond donors (Lipinski definition) is 2. The molecule has 2 aromatic rings. The SMILES string of the molecule is Fc1cc(F)c(F)nc1F.Nc1nc(N)c(F)cc1F. The monoisotopic (exact) mass is 296 g/mol. The number of nitrogens with zero attached hydrogens (tertiary/aromatic N) is 2. The van der Waals surface area contributed by atoms with E-state index in [0.717, 1.165) is 0 Å². The van der Waals surface area contributed by atoms with Crippen LogP contribution in [0.5, 0.6) is 0 Å². The molecule has 0 saturated heterocycles. The average molecular weight is 296 g/mol. The molecule has 0 aliphatic heterocycles. The van der Waals surface area contributed by atoms with Crippen molar-refractivity contribution in [1.82, 2.24) is 9.97 Å². The first-order valence-electron chi connectivity index (χ1n) is 4.76. The quantitative estimate of drug-likeness (QED) is 0.577. The van der Waals surface area contributed by atoms with Gasteiger partial charge in [-0.25, -0.2) is 22.5 Å². The van der Waals surface area contributed by atoms with Gasteiger partial charge in [0, 0.05) is 12.1 Å². The number of hydrogen-bond acceptors (Lipinski definition) is 4. The van der Waals surface area contributed by atoms with Crippen LogP contribution in [0.2, 0.25) is 0 Å². The van der Waals surface area contributed by atoms with Crippen LogP contribution in [0.1, 0.15) is 0 Å². The molecule has 0 bridgehead atoms. The third kappa shape index (κ3) is 3.73. The minimum atomic E-state index is -1.64. The standard InChI is InChI=1S/C5HF4N.C5H5F2N3/c2*6-2-1-3(7)5(9)10-4(2)8/h1H;1H,(H4,8,9,10). The van der Waals surface area contributed by atoms with Crippen LogP contribution in [-0.2, 0) is 0 Å². The zero-order valence-electron chi connectivity index (χ0n) is 9.47. The van der Waals surface area contributed by atoms with Gasteiger partial charge in [-0.2, -0.15) is 13.8 Å². The van der Waals surface area contributed by atoms with Crippen molar-refractivity contribution < 1.29 is 26.3 Å². The molecule has 0 fully saturated rings. The van der Waals surface area contributed by atoms with E-state index < -0.39 is 35.2 Å². The van der Waals surface area contributed by atoms with Crippen molar-refractivity contribution >= 4 is 11.6 Å². The van der Waals surface area contributed by atoms with Crippen LogP contribution in [-0.4, -0.2) is 9.97 Å². The van der Waals surface area contributed by atoms with Gasteiger partial charge in [-0.15, -0.1) is 0 Å². The number of anilines is 2. The highest BCUT2D eigenvalue weighted by molar-refractivity contribution is 5.41. The summed E-state index contributed by atoms with van der Waals surface area (Å²) in [6, 6.07) is 0.690. The van der Waals surface area contributed by atoms with Crippen molar-refractivity contribution in [3.05, 3.63) is 47.3 Å². The molecule has 0 aliphatic carbocycles. The van der Waals surface area contributed by atoms with Gasteiger partial charge in [0.1, 0.15) is 0 Å². The first-order valence-corrected chi connectivity index (χ1v) is 4.76. The average Bonchev–Trinajstić information content (AvgIpc) is 2.35. The fourth-order valence-electron chi connectivity index (χ4n) is 0.919. The number of aromatic nitrogens is 2. The van der Waals surface area contributed by atoms with Gasteiger partial charge in [-0.3, -0.25) is 0 Å². The summed E-state index contributed by atoms with van der Waals surface area (Å²) in [4.78, 5) is 5.47. The summed E-state index contributed by atoms with van der Waals surface area (Å²) < 4.78 is 72.1. The maximum Gasteiger partial charge on any atom is 0.251 e. The second-order valence-electron chi connectivity index (χ2n) is 3.26. The van der Waals surface area contributed by atoms with E-state index in [0.29, 0.717) is 6.07 Å². The van der Waals surface area contributed by atoms with E-state index in [1.165, 1.54) is 0 Å². The van der Waals surface area contributed by atoms with Crippen LogP contribution in [0.15, 0.2) is 12.1 Å². The van der Waals surface area contributed by atoms with Gasteiger partial charge in [0.25, 0.3) is 11.9 Å². The molecule has 4 N–H and O–H groups in total. The van der Waals surface area contributed by atoms with E-state index in [4.69, 9.17) is 11.5 Å². The molecule has 0 unspecified atom stereocenters. The predicted octanol–water partition coefficient (Wildman–Crippen LogP) is 2.16. The Morgan fingerprint density at radius 3 is 1.25 bits per heavy atom. The first-order chi connectivity index (χ1) is 9.22. The Bertz CT molecular complexity index is 478. The Balaban J connectivity index is 0.000000200. The van der Waals surface area contributed by atoms with E-state index in [1.54, 1.807) is 0 Å². The van der Waals surface area contributed by atoms with Crippen LogP contribution in [0.3, 0.4) is 0 Å². The fourth-order valence-corrected chi connectivity index (χ4v) is 0.919. The molecule has 0 radical (unpaired) electrons. The van der Waals surface area contributed by atoms with E-state index in [2.05, 4.69) is 9.97 Å².